The minimum atomic E-state index is -3.20. The van der Waals surface area contributed by atoms with Crippen molar-refractivity contribution in [3.63, 3.8) is 0 Å². The van der Waals surface area contributed by atoms with Crippen molar-refractivity contribution >= 4 is 39.0 Å². The van der Waals surface area contributed by atoms with Gasteiger partial charge in [-0.2, -0.15) is 5.10 Å². The van der Waals surface area contributed by atoms with Crippen LogP contribution in [0.4, 0.5) is 5.69 Å². The lowest BCUT2D eigenvalue weighted by atomic mass is 10.1. The molecular weight excluding hydrogens is 398 g/mol. The summed E-state index contributed by atoms with van der Waals surface area (Å²) in [5.41, 5.74) is 2.73. The smallest absolute Gasteiger partial charge is 0.355 e. The third-order valence-corrected chi connectivity index (χ3v) is 6.72. The van der Waals surface area contributed by atoms with Crippen LogP contribution in [0.2, 0.25) is 0 Å². The maximum atomic E-state index is 12.3. The molecule has 1 aromatic rings. The van der Waals surface area contributed by atoms with E-state index in [0.717, 1.165) is 16.1 Å². The van der Waals surface area contributed by atoms with Crippen molar-refractivity contribution in [1.29, 1.82) is 0 Å². The number of rotatable bonds is 5. The Labute approximate surface area is 169 Å². The third-order valence-electron chi connectivity index (χ3n) is 4.97. The van der Waals surface area contributed by atoms with Crippen molar-refractivity contribution in [1.82, 2.24) is 5.01 Å². The molecule has 0 unspecified atom stereocenters. The molecule has 29 heavy (non-hydrogen) atoms. The molecule has 1 fully saturated rings. The number of hydrogen-bond donors (Lipinski definition) is 1. The van der Waals surface area contributed by atoms with Gasteiger partial charge in [-0.3, -0.25) is 9.59 Å². The number of aryl methyl sites for hydroxylation is 2. The van der Waals surface area contributed by atoms with Gasteiger partial charge in [0.2, 0.25) is 5.91 Å². The van der Waals surface area contributed by atoms with Gasteiger partial charge in [0, 0.05) is 18.5 Å². The van der Waals surface area contributed by atoms with Crippen molar-refractivity contribution in [2.75, 3.05) is 23.4 Å². The summed E-state index contributed by atoms with van der Waals surface area (Å²) in [6, 6.07) is 4.89. The summed E-state index contributed by atoms with van der Waals surface area (Å²) in [7, 11) is -3.20. The zero-order valence-electron chi connectivity index (χ0n) is 16.3. The van der Waals surface area contributed by atoms with Crippen LogP contribution in [-0.2, 0) is 29.0 Å². The molecule has 2 amide bonds. The summed E-state index contributed by atoms with van der Waals surface area (Å²) < 4.78 is 28.3. The number of ether oxygens (including phenoxy) is 1. The first-order valence-corrected chi connectivity index (χ1v) is 11.1. The summed E-state index contributed by atoms with van der Waals surface area (Å²) in [5.74, 6) is -1.78. The number of carbonyl (C=O) groups is 3. The van der Waals surface area contributed by atoms with Gasteiger partial charge in [0.15, 0.2) is 16.4 Å². The molecule has 1 saturated heterocycles. The number of esters is 1. The van der Waals surface area contributed by atoms with Gasteiger partial charge in [0.05, 0.1) is 17.5 Å². The second kappa shape index (κ2) is 8.32. The maximum absolute atomic E-state index is 12.3. The number of anilines is 1. The van der Waals surface area contributed by atoms with Gasteiger partial charge in [-0.05, 0) is 43.5 Å². The molecule has 1 N–H and O–H groups in total. The highest BCUT2D eigenvalue weighted by Crippen LogP contribution is 2.22. The lowest BCUT2D eigenvalue weighted by molar-refractivity contribution is -0.141. The van der Waals surface area contributed by atoms with Gasteiger partial charge >= 0.3 is 5.97 Å². The summed E-state index contributed by atoms with van der Waals surface area (Å²) in [4.78, 5) is 36.4. The fourth-order valence-electron chi connectivity index (χ4n) is 3.20. The van der Waals surface area contributed by atoms with Crippen LogP contribution in [0.1, 0.15) is 30.4 Å². The second-order valence-electron chi connectivity index (χ2n) is 7.27. The first-order chi connectivity index (χ1) is 13.6. The van der Waals surface area contributed by atoms with Gasteiger partial charge in [-0.25, -0.2) is 18.2 Å². The Bertz CT molecular complexity index is 986. The van der Waals surface area contributed by atoms with Gasteiger partial charge in [0.25, 0.3) is 5.91 Å². The average Bonchev–Trinajstić information content (AvgIpc) is 3.03. The van der Waals surface area contributed by atoms with Crippen LogP contribution in [-0.4, -0.2) is 61.1 Å². The Hall–Kier alpha value is -2.75. The fraction of sp³-hybridized carbons (Fsp3) is 0.474. The Morgan fingerprint density at radius 2 is 2.00 bits per heavy atom. The lowest BCUT2D eigenvalue weighted by Crippen LogP contribution is -2.42. The monoisotopic (exact) mass is 421 g/mol. The van der Waals surface area contributed by atoms with E-state index in [-0.39, 0.29) is 42.4 Å². The Balaban J connectivity index is 1.58. The molecule has 0 bridgehead atoms. The second-order valence-corrected chi connectivity index (χ2v) is 9.49. The number of sulfone groups is 1. The van der Waals surface area contributed by atoms with Gasteiger partial charge in [-0.15, -0.1) is 0 Å². The van der Waals surface area contributed by atoms with Crippen LogP contribution in [0.25, 0.3) is 0 Å². The van der Waals surface area contributed by atoms with Crippen molar-refractivity contribution in [2.24, 2.45) is 5.10 Å². The van der Waals surface area contributed by atoms with E-state index in [1.54, 1.807) is 6.07 Å². The topological polar surface area (TPSA) is 122 Å². The van der Waals surface area contributed by atoms with Crippen LogP contribution in [0, 0.1) is 13.8 Å². The zero-order valence-corrected chi connectivity index (χ0v) is 17.1. The highest BCUT2D eigenvalue weighted by molar-refractivity contribution is 7.91. The maximum Gasteiger partial charge on any atom is 0.355 e. The molecular formula is C19H23N3O6S. The Morgan fingerprint density at radius 1 is 1.24 bits per heavy atom. The third kappa shape index (κ3) is 5.20. The Morgan fingerprint density at radius 3 is 2.66 bits per heavy atom. The number of nitrogens with zero attached hydrogens (tertiary/aromatic N) is 2. The predicted molar refractivity (Wildman–Crippen MR) is 106 cm³/mol. The van der Waals surface area contributed by atoms with Crippen LogP contribution in [0.15, 0.2) is 23.3 Å². The van der Waals surface area contributed by atoms with E-state index in [1.807, 2.05) is 26.0 Å². The number of amides is 2. The summed E-state index contributed by atoms with van der Waals surface area (Å²) in [5, 5.41) is 7.76. The number of benzene rings is 1. The largest absolute Gasteiger partial charge is 0.451 e. The van der Waals surface area contributed by atoms with E-state index < -0.39 is 34.4 Å². The van der Waals surface area contributed by atoms with E-state index in [4.69, 9.17) is 4.74 Å². The molecule has 156 valence electrons. The molecule has 0 radical (unpaired) electrons. The number of hydrazone groups is 1. The van der Waals surface area contributed by atoms with Crippen molar-refractivity contribution in [2.45, 2.75) is 39.2 Å². The predicted octanol–water partition coefficient (Wildman–Crippen LogP) is 0.951. The molecule has 1 aromatic carbocycles. The molecule has 0 aromatic heterocycles. The standard InChI is InChI=1S/C19H23N3O6S/c1-12-3-4-14(9-13(12)2)20-17(23)10-28-19(25)16-5-6-18(24)22(21-16)15-7-8-29(26,27)11-15/h3-4,9,15H,5-8,10-11H2,1-2H3,(H,20,23)/t15-/m0/s1. The minimum absolute atomic E-state index is 0.00456. The summed E-state index contributed by atoms with van der Waals surface area (Å²) in [6.07, 6.45) is 0.421. The van der Waals surface area contributed by atoms with E-state index in [9.17, 15) is 22.8 Å². The highest BCUT2D eigenvalue weighted by Gasteiger charge is 2.37. The van der Waals surface area contributed by atoms with Crippen LogP contribution in [0.3, 0.4) is 0 Å². The van der Waals surface area contributed by atoms with E-state index in [2.05, 4.69) is 10.4 Å². The molecule has 2 aliphatic rings. The van der Waals surface area contributed by atoms with Gasteiger partial charge < -0.3 is 10.1 Å². The number of nitrogens with one attached hydrogen (secondary N) is 1. The number of hydrogen-bond acceptors (Lipinski definition) is 7. The van der Waals surface area contributed by atoms with E-state index >= 15 is 0 Å². The molecule has 9 nitrogen and oxygen atoms in total. The van der Waals surface area contributed by atoms with E-state index in [1.165, 1.54) is 0 Å². The molecule has 10 heteroatoms. The van der Waals surface area contributed by atoms with Crippen LogP contribution in [0.5, 0.6) is 0 Å². The van der Waals surface area contributed by atoms with Crippen molar-refractivity contribution < 1.29 is 27.5 Å². The van der Waals surface area contributed by atoms with Crippen LogP contribution >= 0.6 is 0 Å². The highest BCUT2D eigenvalue weighted by atomic mass is 32.2. The summed E-state index contributed by atoms with van der Waals surface area (Å²) in [6.45, 7) is 3.40. The molecule has 0 aliphatic carbocycles. The minimum Gasteiger partial charge on any atom is -0.451 e. The molecule has 0 spiro atoms. The number of carbonyl (C=O) groups excluding carboxylic acids is 3. The first kappa shape index (κ1) is 21.0. The quantitative estimate of drug-likeness (QED) is 0.707. The molecule has 2 heterocycles. The van der Waals surface area contributed by atoms with Gasteiger partial charge in [-0.1, -0.05) is 6.07 Å². The zero-order chi connectivity index (χ0) is 21.2. The average molecular weight is 421 g/mol. The van der Waals surface area contributed by atoms with Crippen molar-refractivity contribution in [3.05, 3.63) is 29.3 Å². The Kier molecular flexibility index (Phi) is 6.02. The van der Waals surface area contributed by atoms with Gasteiger partial charge in [0.1, 0.15) is 5.71 Å². The first-order valence-electron chi connectivity index (χ1n) is 9.29. The molecule has 3 rings (SSSR count). The van der Waals surface area contributed by atoms with Crippen LogP contribution < -0.4 is 5.32 Å². The summed E-state index contributed by atoms with van der Waals surface area (Å²) >= 11 is 0. The molecule has 1 atom stereocenters. The SMILES string of the molecule is Cc1ccc(NC(=O)COC(=O)C2=NN([C@H]3CCS(=O)(=O)C3)C(=O)CC2)cc1C. The molecule has 2 aliphatic heterocycles. The lowest BCUT2D eigenvalue weighted by Gasteiger charge is -2.27. The molecule has 0 saturated carbocycles. The fourth-order valence-corrected chi connectivity index (χ4v) is 4.89. The van der Waals surface area contributed by atoms with Crippen molar-refractivity contribution in [3.8, 4) is 0 Å². The van der Waals surface area contributed by atoms with E-state index in [0.29, 0.717) is 5.69 Å². The normalized spacial score (nSPS) is 20.9.